The van der Waals surface area contributed by atoms with Crippen molar-refractivity contribution in [2.24, 2.45) is 0 Å². The van der Waals surface area contributed by atoms with Crippen molar-refractivity contribution < 1.29 is 19.0 Å². The van der Waals surface area contributed by atoms with Crippen molar-refractivity contribution in [1.82, 2.24) is 4.90 Å². The quantitative estimate of drug-likeness (QED) is 0.476. The zero-order valence-corrected chi connectivity index (χ0v) is 18.9. The summed E-state index contributed by atoms with van der Waals surface area (Å²) in [5.41, 5.74) is 2.52. The van der Waals surface area contributed by atoms with Crippen molar-refractivity contribution in [3.05, 3.63) is 69.2 Å². The molecule has 162 valence electrons. The van der Waals surface area contributed by atoms with E-state index in [0.29, 0.717) is 17.0 Å². The minimum atomic E-state index is -0.471. The van der Waals surface area contributed by atoms with Crippen LogP contribution in [0, 0.1) is 0 Å². The Hall–Kier alpha value is -2.21. The summed E-state index contributed by atoms with van der Waals surface area (Å²) in [5, 5.41) is 0.751. The Balaban J connectivity index is 1.46. The topological polar surface area (TPSA) is 48.0 Å². The van der Waals surface area contributed by atoms with Gasteiger partial charge in [-0.25, -0.2) is 4.79 Å². The highest BCUT2D eigenvalue weighted by Crippen LogP contribution is 2.55. The molecule has 2 aliphatic heterocycles. The van der Waals surface area contributed by atoms with E-state index in [9.17, 15) is 4.79 Å². The average Bonchev–Trinajstić information content (AvgIpc) is 2.99. The third-order valence-electron chi connectivity index (χ3n) is 6.54. The normalized spacial score (nSPS) is 26.5. The number of hydrogen-bond acceptors (Lipinski definition) is 5. The van der Waals surface area contributed by atoms with E-state index in [4.69, 9.17) is 37.4 Å². The molecule has 0 N–H and O–H groups in total. The Labute approximate surface area is 191 Å². The van der Waals surface area contributed by atoms with Crippen molar-refractivity contribution in [3.8, 4) is 11.5 Å². The molecule has 2 aromatic rings. The lowest BCUT2D eigenvalue weighted by Gasteiger charge is -2.36. The summed E-state index contributed by atoms with van der Waals surface area (Å²) < 4.78 is 17.8. The highest BCUT2D eigenvalue weighted by Gasteiger charge is 2.53. The van der Waals surface area contributed by atoms with E-state index < -0.39 is 12.1 Å². The SMILES string of the molecule is COc1ccc2c3c1O[C@H]1C[C@@H](OC(=O)c4ccc(Cl)cc4Cl)C=C[C@@]31CCN(C)C2. The van der Waals surface area contributed by atoms with Crippen molar-refractivity contribution >= 4 is 29.2 Å². The smallest absolute Gasteiger partial charge is 0.340 e. The molecule has 0 radical (unpaired) electrons. The zero-order chi connectivity index (χ0) is 21.8. The number of halogens is 2. The van der Waals surface area contributed by atoms with Gasteiger partial charge in [-0.15, -0.1) is 0 Å². The van der Waals surface area contributed by atoms with E-state index in [1.807, 2.05) is 12.1 Å². The van der Waals surface area contributed by atoms with E-state index in [2.05, 4.69) is 24.1 Å². The Morgan fingerprint density at radius 1 is 1.26 bits per heavy atom. The van der Waals surface area contributed by atoms with E-state index >= 15 is 0 Å². The van der Waals surface area contributed by atoms with Crippen LogP contribution >= 0.6 is 23.2 Å². The van der Waals surface area contributed by atoms with Crippen LogP contribution < -0.4 is 9.47 Å². The first-order chi connectivity index (χ1) is 14.9. The molecule has 5 rings (SSSR count). The summed E-state index contributed by atoms with van der Waals surface area (Å²) >= 11 is 12.1. The number of nitrogens with zero attached hydrogens (tertiary/aromatic N) is 1. The minimum Gasteiger partial charge on any atom is -0.493 e. The molecule has 0 aromatic heterocycles. The Bertz CT molecular complexity index is 1090. The second kappa shape index (κ2) is 7.73. The van der Waals surface area contributed by atoms with Gasteiger partial charge in [-0.3, -0.25) is 0 Å². The lowest BCUT2D eigenvalue weighted by atomic mass is 9.69. The number of benzene rings is 2. The Morgan fingerprint density at radius 2 is 2.10 bits per heavy atom. The Morgan fingerprint density at radius 3 is 2.87 bits per heavy atom. The summed E-state index contributed by atoms with van der Waals surface area (Å²) in [6.07, 6.45) is 5.13. The molecule has 3 atom stereocenters. The molecule has 2 heterocycles. The number of carbonyl (C=O) groups excluding carboxylic acids is 1. The van der Waals surface area contributed by atoms with Crippen LogP contribution in [0.4, 0.5) is 0 Å². The standard InChI is InChI=1S/C24H23Cl2NO4/c1-27-10-9-24-8-7-16(30-23(28)17-5-4-15(25)11-18(17)26)12-20(24)31-22-19(29-2)6-3-14(13-27)21(22)24/h3-8,11,16,20H,9-10,12-13H2,1-2H3/t16-,20-,24-/m0/s1. The minimum absolute atomic E-state index is 0.132. The van der Waals surface area contributed by atoms with Gasteiger partial charge in [0.15, 0.2) is 11.5 Å². The summed E-state index contributed by atoms with van der Waals surface area (Å²) in [6.45, 7) is 1.82. The predicted molar refractivity (Wildman–Crippen MR) is 119 cm³/mol. The van der Waals surface area contributed by atoms with Crippen molar-refractivity contribution in [2.75, 3.05) is 20.7 Å². The summed E-state index contributed by atoms with van der Waals surface area (Å²) in [7, 11) is 3.80. The van der Waals surface area contributed by atoms with Gasteiger partial charge in [0, 0.05) is 23.6 Å². The molecule has 1 spiro atoms. The Kier molecular flexibility index (Phi) is 5.16. The largest absolute Gasteiger partial charge is 0.493 e. The molecule has 0 unspecified atom stereocenters. The van der Waals surface area contributed by atoms with Crippen molar-refractivity contribution in [2.45, 2.75) is 37.0 Å². The molecule has 0 fully saturated rings. The maximum atomic E-state index is 12.7. The second-order valence-corrected chi connectivity index (χ2v) is 9.27. The van der Waals surface area contributed by atoms with Gasteiger partial charge in [-0.05, 0) is 55.9 Å². The molecule has 2 aromatic carbocycles. The van der Waals surface area contributed by atoms with Gasteiger partial charge < -0.3 is 19.1 Å². The van der Waals surface area contributed by atoms with Gasteiger partial charge >= 0.3 is 5.97 Å². The molecular weight excluding hydrogens is 437 g/mol. The van der Waals surface area contributed by atoms with E-state index in [1.54, 1.807) is 19.2 Å². The molecule has 3 aliphatic rings. The van der Waals surface area contributed by atoms with E-state index in [1.165, 1.54) is 17.2 Å². The fourth-order valence-electron chi connectivity index (χ4n) is 5.01. The lowest BCUT2D eigenvalue weighted by molar-refractivity contribution is 0.0218. The maximum absolute atomic E-state index is 12.7. The monoisotopic (exact) mass is 459 g/mol. The number of carbonyl (C=O) groups is 1. The predicted octanol–water partition coefficient (Wildman–Crippen LogP) is 5.02. The molecule has 31 heavy (non-hydrogen) atoms. The van der Waals surface area contributed by atoms with Gasteiger partial charge in [0.05, 0.1) is 23.1 Å². The zero-order valence-electron chi connectivity index (χ0n) is 17.4. The second-order valence-electron chi connectivity index (χ2n) is 8.43. The van der Waals surface area contributed by atoms with Gasteiger partial charge in [0.1, 0.15) is 12.2 Å². The van der Waals surface area contributed by atoms with Crippen molar-refractivity contribution in [1.29, 1.82) is 0 Å². The maximum Gasteiger partial charge on any atom is 0.340 e. The van der Waals surface area contributed by atoms with Gasteiger partial charge in [-0.1, -0.05) is 35.3 Å². The van der Waals surface area contributed by atoms with Crippen LogP contribution in [0.25, 0.3) is 0 Å². The lowest BCUT2D eigenvalue weighted by Crippen LogP contribution is -2.43. The first-order valence-electron chi connectivity index (χ1n) is 10.3. The third kappa shape index (κ3) is 3.39. The van der Waals surface area contributed by atoms with Crippen LogP contribution in [0.2, 0.25) is 10.0 Å². The molecule has 0 amide bonds. The first-order valence-corrected chi connectivity index (χ1v) is 11.1. The van der Waals surface area contributed by atoms with E-state index in [-0.39, 0.29) is 16.5 Å². The van der Waals surface area contributed by atoms with Crippen LogP contribution in [-0.2, 0) is 16.7 Å². The number of esters is 1. The third-order valence-corrected chi connectivity index (χ3v) is 7.09. The number of rotatable bonds is 3. The summed E-state index contributed by atoms with van der Waals surface area (Å²) in [6, 6.07) is 8.86. The number of hydrogen-bond donors (Lipinski definition) is 0. The average molecular weight is 460 g/mol. The van der Waals surface area contributed by atoms with Crippen LogP contribution in [-0.4, -0.2) is 43.8 Å². The van der Waals surface area contributed by atoms with Gasteiger partial charge in [0.25, 0.3) is 0 Å². The fraction of sp³-hybridized carbons (Fsp3) is 0.375. The van der Waals surface area contributed by atoms with Crippen molar-refractivity contribution in [3.63, 3.8) is 0 Å². The van der Waals surface area contributed by atoms with Gasteiger partial charge in [0.2, 0.25) is 0 Å². The van der Waals surface area contributed by atoms with Crippen LogP contribution in [0.15, 0.2) is 42.5 Å². The summed E-state index contributed by atoms with van der Waals surface area (Å²) in [5.74, 6) is 1.09. The highest BCUT2D eigenvalue weighted by atomic mass is 35.5. The molecule has 0 bridgehead atoms. The number of ether oxygens (including phenoxy) is 3. The molecular formula is C24H23Cl2NO4. The molecule has 0 saturated carbocycles. The van der Waals surface area contributed by atoms with Crippen LogP contribution in [0.3, 0.4) is 0 Å². The van der Waals surface area contributed by atoms with E-state index in [0.717, 1.165) is 31.0 Å². The first kappa shape index (κ1) is 20.7. The molecule has 0 saturated heterocycles. The highest BCUT2D eigenvalue weighted by molar-refractivity contribution is 6.36. The van der Waals surface area contributed by atoms with Gasteiger partial charge in [-0.2, -0.15) is 0 Å². The molecule has 7 heteroatoms. The fourth-order valence-corrected chi connectivity index (χ4v) is 5.49. The molecule has 5 nitrogen and oxygen atoms in total. The number of methoxy groups -OCH3 is 1. The molecule has 1 aliphatic carbocycles. The van der Waals surface area contributed by atoms with Crippen LogP contribution in [0.1, 0.15) is 34.3 Å². The summed E-state index contributed by atoms with van der Waals surface area (Å²) in [4.78, 5) is 15.0. The van der Waals surface area contributed by atoms with Crippen LogP contribution in [0.5, 0.6) is 11.5 Å².